The molecular formula is C23H24Cl2N10. The Labute approximate surface area is 211 Å². The van der Waals surface area contributed by atoms with Gasteiger partial charge in [-0.15, -0.1) is 5.10 Å². The van der Waals surface area contributed by atoms with E-state index in [0.29, 0.717) is 16.6 Å². The second kappa shape index (κ2) is 8.71. The SMILES string of the molecule is CN1CCN(c2cc(NCc3nc4cc(Cl)c(Cl)cc4[nH]3)c3ncc(-c4cnn(C)c4)n3n2)CC1. The number of fused-ring (bicyclic) bond motifs is 2. The van der Waals surface area contributed by atoms with Crippen molar-refractivity contribution < 1.29 is 0 Å². The first-order valence-corrected chi connectivity index (χ1v) is 12.1. The molecule has 1 aromatic carbocycles. The summed E-state index contributed by atoms with van der Waals surface area (Å²) in [6, 6.07) is 5.63. The number of H-pyrrole nitrogens is 1. The van der Waals surface area contributed by atoms with Gasteiger partial charge in [-0.05, 0) is 19.2 Å². The minimum absolute atomic E-state index is 0.473. The van der Waals surface area contributed by atoms with Crippen LogP contribution in [0.2, 0.25) is 10.0 Å². The zero-order valence-electron chi connectivity index (χ0n) is 19.3. The summed E-state index contributed by atoms with van der Waals surface area (Å²) in [5.41, 5.74) is 5.08. The van der Waals surface area contributed by atoms with E-state index in [2.05, 4.69) is 48.3 Å². The fourth-order valence-electron chi connectivity index (χ4n) is 4.35. The second-order valence-electron chi connectivity index (χ2n) is 8.81. The third-order valence-electron chi connectivity index (χ3n) is 6.30. The molecule has 10 nitrogen and oxygen atoms in total. The number of aromatic nitrogens is 7. The molecule has 1 fully saturated rings. The zero-order chi connectivity index (χ0) is 24.1. The standard InChI is InChI=1S/C23H24Cl2N10/c1-32-3-5-34(6-4-32)22-9-19(23-27-11-20(35(23)31-22)14-10-28-33(2)13-14)26-12-21-29-17-7-15(24)16(25)8-18(17)30-21/h7-11,13,26H,3-6,12H2,1-2H3,(H,29,30). The van der Waals surface area contributed by atoms with Crippen LogP contribution in [0.15, 0.2) is 36.8 Å². The molecule has 1 aliphatic heterocycles. The van der Waals surface area contributed by atoms with E-state index in [1.807, 2.05) is 30.2 Å². The van der Waals surface area contributed by atoms with E-state index in [0.717, 1.165) is 71.4 Å². The highest BCUT2D eigenvalue weighted by Gasteiger charge is 2.20. The Hall–Kier alpha value is -3.34. The number of aromatic amines is 1. The highest BCUT2D eigenvalue weighted by Crippen LogP contribution is 2.29. The maximum Gasteiger partial charge on any atom is 0.177 e. The molecule has 0 amide bonds. The van der Waals surface area contributed by atoms with E-state index in [-0.39, 0.29) is 0 Å². The van der Waals surface area contributed by atoms with E-state index in [1.165, 1.54) is 0 Å². The second-order valence-corrected chi connectivity index (χ2v) is 9.62. The molecule has 35 heavy (non-hydrogen) atoms. The molecule has 5 aromatic rings. The predicted molar refractivity (Wildman–Crippen MR) is 138 cm³/mol. The predicted octanol–water partition coefficient (Wildman–Crippen LogP) is 3.68. The van der Waals surface area contributed by atoms with Gasteiger partial charge in [0, 0.05) is 51.1 Å². The fraction of sp³-hybridized carbons (Fsp3) is 0.304. The van der Waals surface area contributed by atoms with Crippen LogP contribution in [0.3, 0.4) is 0 Å². The molecule has 6 rings (SSSR count). The van der Waals surface area contributed by atoms with E-state index in [1.54, 1.807) is 16.8 Å². The number of nitrogens with zero attached hydrogens (tertiary/aromatic N) is 8. The average Bonchev–Trinajstić information content (AvgIpc) is 3.56. The zero-order valence-corrected chi connectivity index (χ0v) is 20.8. The normalized spacial score (nSPS) is 14.9. The van der Waals surface area contributed by atoms with Gasteiger partial charge in [-0.1, -0.05) is 23.2 Å². The Bertz CT molecular complexity index is 1490. The molecule has 4 aromatic heterocycles. The number of halogens is 2. The van der Waals surface area contributed by atoms with Crippen molar-refractivity contribution in [1.29, 1.82) is 0 Å². The highest BCUT2D eigenvalue weighted by atomic mass is 35.5. The number of anilines is 2. The van der Waals surface area contributed by atoms with Crippen molar-refractivity contribution >= 4 is 51.4 Å². The van der Waals surface area contributed by atoms with Crippen LogP contribution in [0.1, 0.15) is 5.82 Å². The number of hydrogen-bond acceptors (Lipinski definition) is 7. The van der Waals surface area contributed by atoms with Crippen molar-refractivity contribution in [2.24, 2.45) is 7.05 Å². The summed E-state index contributed by atoms with van der Waals surface area (Å²) in [6.07, 6.45) is 5.63. The molecule has 0 aliphatic carbocycles. The molecule has 0 bridgehead atoms. The topological polar surface area (TPSA) is 95.2 Å². The van der Waals surface area contributed by atoms with Gasteiger partial charge in [0.05, 0.1) is 51.4 Å². The van der Waals surface area contributed by atoms with Crippen LogP contribution in [0.25, 0.3) is 27.9 Å². The van der Waals surface area contributed by atoms with Crippen molar-refractivity contribution in [2.45, 2.75) is 6.54 Å². The monoisotopic (exact) mass is 510 g/mol. The first-order valence-electron chi connectivity index (χ1n) is 11.3. The number of imidazole rings is 2. The van der Waals surface area contributed by atoms with Gasteiger partial charge in [0.15, 0.2) is 11.5 Å². The first-order chi connectivity index (χ1) is 16.9. The number of piperazine rings is 1. The van der Waals surface area contributed by atoms with Gasteiger partial charge in [-0.25, -0.2) is 14.5 Å². The van der Waals surface area contributed by atoms with E-state index < -0.39 is 0 Å². The lowest BCUT2D eigenvalue weighted by Crippen LogP contribution is -2.45. The number of rotatable bonds is 5. The Kier molecular flexibility index (Phi) is 5.51. The minimum atomic E-state index is 0.473. The highest BCUT2D eigenvalue weighted by molar-refractivity contribution is 6.42. The lowest BCUT2D eigenvalue weighted by atomic mass is 10.3. The quantitative estimate of drug-likeness (QED) is 0.372. The molecule has 1 aliphatic rings. The molecule has 1 saturated heterocycles. The molecule has 0 radical (unpaired) electrons. The van der Waals surface area contributed by atoms with Crippen LogP contribution in [0.4, 0.5) is 11.5 Å². The molecular weight excluding hydrogens is 487 g/mol. The summed E-state index contributed by atoms with van der Waals surface area (Å²) >= 11 is 12.3. The van der Waals surface area contributed by atoms with Crippen molar-refractivity contribution in [1.82, 2.24) is 39.2 Å². The van der Waals surface area contributed by atoms with Gasteiger partial charge in [0.2, 0.25) is 0 Å². The van der Waals surface area contributed by atoms with Gasteiger partial charge in [-0.2, -0.15) is 5.10 Å². The fourth-order valence-corrected chi connectivity index (χ4v) is 4.67. The molecule has 12 heteroatoms. The van der Waals surface area contributed by atoms with Crippen molar-refractivity contribution in [3.05, 3.63) is 52.7 Å². The smallest absolute Gasteiger partial charge is 0.177 e. The van der Waals surface area contributed by atoms with Crippen LogP contribution in [-0.2, 0) is 13.6 Å². The van der Waals surface area contributed by atoms with Crippen LogP contribution < -0.4 is 10.2 Å². The lowest BCUT2D eigenvalue weighted by Gasteiger charge is -2.33. The molecule has 2 N–H and O–H groups in total. The Morgan fingerprint density at radius 1 is 1.03 bits per heavy atom. The van der Waals surface area contributed by atoms with Crippen LogP contribution in [0.5, 0.6) is 0 Å². The summed E-state index contributed by atoms with van der Waals surface area (Å²) in [7, 11) is 4.04. The van der Waals surface area contributed by atoms with E-state index in [9.17, 15) is 0 Å². The Morgan fingerprint density at radius 3 is 2.60 bits per heavy atom. The molecule has 0 spiro atoms. The summed E-state index contributed by atoms with van der Waals surface area (Å²) in [6.45, 7) is 4.28. The Morgan fingerprint density at radius 2 is 1.83 bits per heavy atom. The van der Waals surface area contributed by atoms with Gasteiger partial charge < -0.3 is 20.1 Å². The molecule has 0 atom stereocenters. The molecule has 180 valence electrons. The summed E-state index contributed by atoms with van der Waals surface area (Å²) in [5, 5.41) is 13.8. The van der Waals surface area contributed by atoms with Gasteiger partial charge in [0.1, 0.15) is 5.82 Å². The van der Waals surface area contributed by atoms with Crippen LogP contribution >= 0.6 is 23.2 Å². The number of nitrogens with one attached hydrogen (secondary N) is 2. The number of benzene rings is 1. The molecule has 0 saturated carbocycles. The third kappa shape index (κ3) is 4.18. The third-order valence-corrected chi connectivity index (χ3v) is 7.02. The first kappa shape index (κ1) is 22.1. The number of aryl methyl sites for hydroxylation is 1. The minimum Gasteiger partial charge on any atom is -0.375 e. The van der Waals surface area contributed by atoms with Crippen molar-refractivity contribution in [3.63, 3.8) is 0 Å². The van der Waals surface area contributed by atoms with E-state index in [4.69, 9.17) is 28.3 Å². The van der Waals surface area contributed by atoms with Crippen molar-refractivity contribution in [2.75, 3.05) is 43.4 Å². The summed E-state index contributed by atoms with van der Waals surface area (Å²) < 4.78 is 3.67. The lowest BCUT2D eigenvalue weighted by molar-refractivity contribution is 0.311. The Balaban J connectivity index is 1.37. The van der Waals surface area contributed by atoms with Crippen LogP contribution in [-0.4, -0.2) is 72.5 Å². The maximum atomic E-state index is 6.16. The number of hydrogen-bond donors (Lipinski definition) is 2. The average molecular weight is 511 g/mol. The van der Waals surface area contributed by atoms with Crippen LogP contribution in [0, 0.1) is 0 Å². The maximum absolute atomic E-state index is 6.16. The molecule has 0 unspecified atom stereocenters. The van der Waals surface area contributed by atoms with Gasteiger partial charge in [0.25, 0.3) is 0 Å². The van der Waals surface area contributed by atoms with Crippen molar-refractivity contribution in [3.8, 4) is 11.3 Å². The number of likely N-dealkylation sites (N-methyl/N-ethyl adjacent to an activating group) is 1. The van der Waals surface area contributed by atoms with Gasteiger partial charge >= 0.3 is 0 Å². The summed E-state index contributed by atoms with van der Waals surface area (Å²) in [5.74, 6) is 1.67. The summed E-state index contributed by atoms with van der Waals surface area (Å²) in [4.78, 5) is 17.3. The largest absolute Gasteiger partial charge is 0.375 e. The van der Waals surface area contributed by atoms with Gasteiger partial charge in [-0.3, -0.25) is 4.68 Å². The molecule has 5 heterocycles. The van der Waals surface area contributed by atoms with E-state index >= 15 is 0 Å².